The van der Waals surface area contributed by atoms with Crippen LogP contribution in [0.2, 0.25) is 0 Å². The van der Waals surface area contributed by atoms with Gasteiger partial charge >= 0.3 is 0 Å². The molecule has 0 amide bonds. The first kappa shape index (κ1) is 22.7. The highest BCUT2D eigenvalue weighted by atomic mass is 16.1. The van der Waals surface area contributed by atoms with E-state index in [1.54, 1.807) is 0 Å². The van der Waals surface area contributed by atoms with E-state index in [2.05, 4.69) is 120 Å². The van der Waals surface area contributed by atoms with Crippen molar-refractivity contribution in [3.8, 4) is 11.1 Å². The van der Waals surface area contributed by atoms with Crippen LogP contribution in [0.25, 0.3) is 22.2 Å². The second kappa shape index (κ2) is 9.36. The molecule has 0 bridgehead atoms. The molecule has 0 aliphatic rings. The van der Waals surface area contributed by atoms with Gasteiger partial charge in [-0.05, 0) is 52.4 Å². The molecule has 3 nitrogen and oxygen atoms in total. The Morgan fingerprint density at radius 1 is 0.649 bits per heavy atom. The van der Waals surface area contributed by atoms with Gasteiger partial charge in [0.25, 0.3) is 0 Å². The maximum absolute atomic E-state index is 11.3. The van der Waals surface area contributed by atoms with Crippen LogP contribution in [0.5, 0.6) is 0 Å². The molecule has 1 heterocycles. The van der Waals surface area contributed by atoms with Crippen molar-refractivity contribution in [2.75, 3.05) is 0 Å². The SMILES string of the molecule is Cc1cc(-c2ccc3c(c2)ncn3C(c2ccccc2)(c2ccccc2)c2ccccc2)ccc1C=O. The van der Waals surface area contributed by atoms with Crippen molar-refractivity contribution in [2.24, 2.45) is 0 Å². The fourth-order valence-electron chi connectivity index (χ4n) is 5.40. The molecule has 0 saturated heterocycles. The summed E-state index contributed by atoms with van der Waals surface area (Å²) < 4.78 is 2.30. The lowest BCUT2D eigenvalue weighted by atomic mass is 9.76. The van der Waals surface area contributed by atoms with Crippen LogP contribution in [0.15, 0.2) is 134 Å². The summed E-state index contributed by atoms with van der Waals surface area (Å²) >= 11 is 0. The summed E-state index contributed by atoms with van der Waals surface area (Å²) in [5.74, 6) is 0. The Hall–Kier alpha value is -4.76. The Kier molecular flexibility index (Phi) is 5.74. The van der Waals surface area contributed by atoms with Gasteiger partial charge in [-0.25, -0.2) is 4.98 Å². The minimum Gasteiger partial charge on any atom is -0.312 e. The molecular formula is C34H26N2O. The first-order chi connectivity index (χ1) is 18.2. The lowest BCUT2D eigenvalue weighted by Crippen LogP contribution is -2.37. The highest BCUT2D eigenvalue weighted by Crippen LogP contribution is 2.42. The molecule has 6 rings (SSSR count). The summed E-state index contributed by atoms with van der Waals surface area (Å²) in [5.41, 5.74) is 8.66. The maximum atomic E-state index is 11.3. The molecular weight excluding hydrogens is 452 g/mol. The number of nitrogens with zero attached hydrogens (tertiary/aromatic N) is 2. The van der Waals surface area contributed by atoms with Crippen molar-refractivity contribution in [1.29, 1.82) is 0 Å². The van der Waals surface area contributed by atoms with Crippen LogP contribution in [0, 0.1) is 6.92 Å². The van der Waals surface area contributed by atoms with E-state index >= 15 is 0 Å². The van der Waals surface area contributed by atoms with Crippen LogP contribution in [0.3, 0.4) is 0 Å². The average molecular weight is 479 g/mol. The van der Waals surface area contributed by atoms with Gasteiger partial charge in [-0.15, -0.1) is 0 Å². The van der Waals surface area contributed by atoms with Gasteiger partial charge in [-0.2, -0.15) is 0 Å². The Morgan fingerprint density at radius 2 is 1.16 bits per heavy atom. The third kappa shape index (κ3) is 3.76. The highest BCUT2D eigenvalue weighted by molar-refractivity contribution is 5.85. The van der Waals surface area contributed by atoms with Gasteiger partial charge in [0.1, 0.15) is 11.8 Å². The van der Waals surface area contributed by atoms with Crippen LogP contribution in [0.4, 0.5) is 0 Å². The third-order valence-electron chi connectivity index (χ3n) is 7.21. The molecule has 0 atom stereocenters. The van der Waals surface area contributed by atoms with E-state index in [9.17, 15) is 4.79 Å². The number of hydrogen-bond acceptors (Lipinski definition) is 2. The lowest BCUT2D eigenvalue weighted by molar-refractivity contribution is 0.112. The second-order valence-corrected chi connectivity index (χ2v) is 9.32. The standard InChI is InChI=1S/C34H26N2O/c1-25-21-26(17-18-28(25)23-37)27-19-20-33-32(22-27)35-24-36(33)34(29-11-5-2-6-12-29,30-13-7-3-8-14-30)31-15-9-4-10-16-31/h2-24H,1H3. The number of fused-ring (bicyclic) bond motifs is 1. The Bertz CT molecular complexity index is 1590. The van der Waals surface area contributed by atoms with E-state index in [1.165, 1.54) is 0 Å². The number of rotatable bonds is 6. The van der Waals surface area contributed by atoms with Crippen molar-refractivity contribution in [3.63, 3.8) is 0 Å². The molecule has 3 heteroatoms. The number of benzene rings is 5. The fraction of sp³-hybridized carbons (Fsp3) is 0.0588. The first-order valence-corrected chi connectivity index (χ1v) is 12.4. The summed E-state index contributed by atoms with van der Waals surface area (Å²) in [6.07, 6.45) is 2.86. The number of carbonyl (C=O) groups is 1. The molecule has 0 saturated carbocycles. The highest BCUT2D eigenvalue weighted by Gasteiger charge is 2.39. The molecule has 0 radical (unpaired) electrons. The molecule has 0 aliphatic heterocycles. The number of carbonyl (C=O) groups excluding carboxylic acids is 1. The van der Waals surface area contributed by atoms with Gasteiger partial charge in [-0.1, -0.05) is 115 Å². The average Bonchev–Trinajstić information content (AvgIpc) is 3.39. The Morgan fingerprint density at radius 3 is 1.68 bits per heavy atom. The van der Waals surface area contributed by atoms with Crippen LogP contribution in [0.1, 0.15) is 32.6 Å². The molecule has 178 valence electrons. The van der Waals surface area contributed by atoms with E-state index < -0.39 is 5.54 Å². The zero-order valence-electron chi connectivity index (χ0n) is 20.6. The Labute approximate surface area is 216 Å². The number of aldehydes is 1. The maximum Gasteiger partial charge on any atom is 0.150 e. The number of hydrogen-bond donors (Lipinski definition) is 0. The third-order valence-corrected chi connectivity index (χ3v) is 7.21. The van der Waals surface area contributed by atoms with Gasteiger partial charge in [-0.3, -0.25) is 4.79 Å². The molecule has 1 aromatic heterocycles. The molecule has 37 heavy (non-hydrogen) atoms. The lowest BCUT2D eigenvalue weighted by Gasteiger charge is -2.38. The van der Waals surface area contributed by atoms with E-state index in [0.717, 1.165) is 50.7 Å². The van der Waals surface area contributed by atoms with Gasteiger partial charge in [0.05, 0.1) is 17.4 Å². The van der Waals surface area contributed by atoms with E-state index in [-0.39, 0.29) is 0 Å². The predicted octanol–water partition coefficient (Wildman–Crippen LogP) is 7.66. The van der Waals surface area contributed by atoms with Crippen molar-refractivity contribution in [3.05, 3.63) is 162 Å². The molecule has 0 spiro atoms. The second-order valence-electron chi connectivity index (χ2n) is 9.32. The van der Waals surface area contributed by atoms with Gasteiger partial charge < -0.3 is 4.57 Å². The normalized spacial score (nSPS) is 11.5. The van der Waals surface area contributed by atoms with E-state index in [4.69, 9.17) is 4.98 Å². The van der Waals surface area contributed by atoms with Gasteiger partial charge in [0, 0.05) is 5.56 Å². The van der Waals surface area contributed by atoms with Crippen molar-refractivity contribution in [1.82, 2.24) is 9.55 Å². The smallest absolute Gasteiger partial charge is 0.150 e. The quantitative estimate of drug-likeness (QED) is 0.182. The van der Waals surface area contributed by atoms with Crippen LogP contribution in [-0.2, 0) is 5.54 Å². The zero-order valence-corrected chi connectivity index (χ0v) is 20.6. The van der Waals surface area contributed by atoms with E-state index in [0.29, 0.717) is 5.56 Å². The van der Waals surface area contributed by atoms with Gasteiger partial charge in [0.15, 0.2) is 0 Å². The molecule has 0 fully saturated rings. The molecule has 0 unspecified atom stereocenters. The van der Waals surface area contributed by atoms with Crippen LogP contribution in [-0.4, -0.2) is 15.8 Å². The summed E-state index contributed by atoms with van der Waals surface area (Å²) in [6.45, 7) is 1.97. The van der Waals surface area contributed by atoms with Crippen LogP contribution >= 0.6 is 0 Å². The van der Waals surface area contributed by atoms with E-state index in [1.807, 2.05) is 25.4 Å². The van der Waals surface area contributed by atoms with Crippen molar-refractivity contribution < 1.29 is 4.79 Å². The molecule has 5 aromatic carbocycles. The van der Waals surface area contributed by atoms with Crippen molar-refractivity contribution in [2.45, 2.75) is 12.5 Å². The largest absolute Gasteiger partial charge is 0.312 e. The summed E-state index contributed by atoms with van der Waals surface area (Å²) in [7, 11) is 0. The summed E-state index contributed by atoms with van der Waals surface area (Å²) in [4.78, 5) is 16.2. The molecule has 0 N–H and O–H groups in total. The minimum absolute atomic E-state index is 0.609. The summed E-state index contributed by atoms with van der Waals surface area (Å²) in [6, 6.07) is 44.3. The fourth-order valence-corrected chi connectivity index (χ4v) is 5.40. The topological polar surface area (TPSA) is 34.9 Å². The molecule has 0 aliphatic carbocycles. The monoisotopic (exact) mass is 478 g/mol. The summed E-state index contributed by atoms with van der Waals surface area (Å²) in [5, 5.41) is 0. The number of imidazole rings is 1. The van der Waals surface area contributed by atoms with Crippen LogP contribution < -0.4 is 0 Å². The number of aryl methyl sites for hydroxylation is 1. The minimum atomic E-state index is -0.609. The molecule has 6 aromatic rings. The van der Waals surface area contributed by atoms with Crippen molar-refractivity contribution >= 4 is 17.3 Å². The first-order valence-electron chi connectivity index (χ1n) is 12.4. The van der Waals surface area contributed by atoms with Gasteiger partial charge in [0.2, 0.25) is 0 Å². The number of aromatic nitrogens is 2. The zero-order chi connectivity index (χ0) is 25.2. The predicted molar refractivity (Wildman–Crippen MR) is 150 cm³/mol. The Balaban J connectivity index is 1.62.